The molecule has 0 aromatic carbocycles. The zero-order chi connectivity index (χ0) is 12.7. The van der Waals surface area contributed by atoms with E-state index >= 15 is 0 Å². The van der Waals surface area contributed by atoms with Crippen LogP contribution in [0.25, 0.3) is 5.52 Å². The van der Waals surface area contributed by atoms with Crippen LogP contribution in [0.1, 0.15) is 62.0 Å². The first kappa shape index (κ1) is 11.5. The predicted molar refractivity (Wildman–Crippen MR) is 77.4 cm³/mol. The zero-order valence-electron chi connectivity index (χ0n) is 11.5. The molecular weight excluding hydrogens is 232 g/mol. The number of rotatable bonds is 3. The number of hydrogen-bond acceptors (Lipinski definition) is 1. The van der Waals surface area contributed by atoms with Gasteiger partial charge in [-0.15, -0.1) is 0 Å². The monoisotopic (exact) mass is 254 g/mol. The maximum atomic E-state index is 4.34. The third kappa shape index (κ3) is 2.18. The van der Waals surface area contributed by atoms with Crippen LogP contribution in [-0.4, -0.2) is 9.38 Å². The standard InChI is InChI=1S/C17H22N2/c1-2-4-13(5-3-1)10-16-15(14-6-7-14)8-9-19-12-18-11-17(16)19/h8-9,11-14H,1-7,10H2. The van der Waals surface area contributed by atoms with Crippen molar-refractivity contribution in [1.29, 1.82) is 0 Å². The van der Waals surface area contributed by atoms with Gasteiger partial charge < -0.3 is 4.40 Å². The topological polar surface area (TPSA) is 17.3 Å². The molecule has 0 radical (unpaired) electrons. The fourth-order valence-corrected chi connectivity index (χ4v) is 3.75. The third-order valence-electron chi connectivity index (χ3n) is 4.97. The average Bonchev–Trinajstić information content (AvgIpc) is 3.17. The van der Waals surface area contributed by atoms with Crippen LogP contribution in [0.5, 0.6) is 0 Å². The minimum Gasteiger partial charge on any atom is -0.306 e. The van der Waals surface area contributed by atoms with Gasteiger partial charge in [0.1, 0.15) is 0 Å². The molecule has 2 aliphatic rings. The molecule has 0 aliphatic heterocycles. The van der Waals surface area contributed by atoms with E-state index in [2.05, 4.69) is 27.8 Å². The molecule has 0 bridgehead atoms. The summed E-state index contributed by atoms with van der Waals surface area (Å²) in [6, 6.07) is 2.35. The first-order valence-corrected chi connectivity index (χ1v) is 7.85. The van der Waals surface area contributed by atoms with Crippen molar-refractivity contribution < 1.29 is 0 Å². The Kier molecular flexibility index (Phi) is 2.82. The zero-order valence-corrected chi connectivity index (χ0v) is 11.5. The van der Waals surface area contributed by atoms with E-state index in [0.717, 1.165) is 11.8 Å². The largest absolute Gasteiger partial charge is 0.306 e. The maximum absolute atomic E-state index is 4.34. The van der Waals surface area contributed by atoms with Crippen molar-refractivity contribution in [2.75, 3.05) is 0 Å². The fraction of sp³-hybridized carbons (Fsp3) is 0.588. The lowest BCUT2D eigenvalue weighted by Gasteiger charge is -2.23. The molecular formula is C17H22N2. The lowest BCUT2D eigenvalue weighted by molar-refractivity contribution is 0.356. The van der Waals surface area contributed by atoms with Gasteiger partial charge in [0.2, 0.25) is 0 Å². The minimum atomic E-state index is 0.846. The highest BCUT2D eigenvalue weighted by Gasteiger charge is 2.28. The van der Waals surface area contributed by atoms with Gasteiger partial charge in [0.05, 0.1) is 18.0 Å². The van der Waals surface area contributed by atoms with Gasteiger partial charge in [-0.3, -0.25) is 0 Å². The van der Waals surface area contributed by atoms with Gasteiger partial charge in [-0.05, 0) is 48.3 Å². The van der Waals surface area contributed by atoms with Gasteiger partial charge in [0, 0.05) is 6.20 Å². The Labute approximate surface area is 114 Å². The van der Waals surface area contributed by atoms with Crippen LogP contribution < -0.4 is 0 Å². The van der Waals surface area contributed by atoms with Crippen LogP contribution in [0, 0.1) is 5.92 Å². The molecule has 0 atom stereocenters. The fourth-order valence-electron chi connectivity index (χ4n) is 3.75. The number of nitrogens with zero attached hydrogens (tertiary/aromatic N) is 2. The minimum absolute atomic E-state index is 0.846. The molecule has 2 fully saturated rings. The molecule has 2 saturated carbocycles. The Hall–Kier alpha value is -1.31. The Bertz CT molecular complexity index is 574. The molecule has 0 N–H and O–H groups in total. The predicted octanol–water partition coefficient (Wildman–Crippen LogP) is 4.33. The van der Waals surface area contributed by atoms with E-state index in [0.29, 0.717) is 0 Å². The molecule has 0 unspecified atom stereocenters. The molecule has 4 rings (SSSR count). The van der Waals surface area contributed by atoms with E-state index in [-0.39, 0.29) is 0 Å². The van der Waals surface area contributed by atoms with Crippen LogP contribution in [0.3, 0.4) is 0 Å². The first-order chi connectivity index (χ1) is 9.42. The quantitative estimate of drug-likeness (QED) is 0.796. The molecule has 0 saturated heterocycles. The van der Waals surface area contributed by atoms with Gasteiger partial charge in [-0.1, -0.05) is 32.1 Å². The molecule has 2 aromatic heterocycles. The number of aromatic nitrogens is 2. The van der Waals surface area contributed by atoms with Crippen molar-refractivity contribution in [3.05, 3.63) is 35.9 Å². The highest BCUT2D eigenvalue weighted by atomic mass is 15.0. The van der Waals surface area contributed by atoms with Gasteiger partial charge >= 0.3 is 0 Å². The number of pyridine rings is 1. The normalized spacial score (nSPS) is 21.1. The lowest BCUT2D eigenvalue weighted by atomic mass is 9.83. The van der Waals surface area contributed by atoms with E-state index in [4.69, 9.17) is 0 Å². The average molecular weight is 254 g/mol. The molecule has 2 aliphatic carbocycles. The summed E-state index contributed by atoms with van der Waals surface area (Å²) >= 11 is 0. The molecule has 0 spiro atoms. The van der Waals surface area contributed by atoms with Crippen LogP contribution >= 0.6 is 0 Å². The second-order valence-corrected chi connectivity index (χ2v) is 6.42. The molecule has 2 heterocycles. The van der Waals surface area contributed by atoms with Crippen molar-refractivity contribution in [2.24, 2.45) is 5.92 Å². The molecule has 2 heteroatoms. The molecule has 2 nitrogen and oxygen atoms in total. The van der Waals surface area contributed by atoms with E-state index < -0.39 is 0 Å². The van der Waals surface area contributed by atoms with E-state index in [1.54, 1.807) is 11.1 Å². The Morgan fingerprint density at radius 1 is 1.11 bits per heavy atom. The van der Waals surface area contributed by atoms with Crippen molar-refractivity contribution in [3.63, 3.8) is 0 Å². The summed E-state index contributed by atoms with van der Waals surface area (Å²) in [6.45, 7) is 0. The summed E-state index contributed by atoms with van der Waals surface area (Å²) in [6.07, 6.45) is 17.4. The summed E-state index contributed by atoms with van der Waals surface area (Å²) in [5.41, 5.74) is 4.59. The van der Waals surface area contributed by atoms with E-state index in [9.17, 15) is 0 Å². The number of fused-ring (bicyclic) bond motifs is 1. The van der Waals surface area contributed by atoms with Gasteiger partial charge in [0.25, 0.3) is 0 Å². The summed E-state index contributed by atoms with van der Waals surface area (Å²) < 4.78 is 2.20. The lowest BCUT2D eigenvalue weighted by Crippen LogP contribution is -2.11. The number of imidazole rings is 1. The summed E-state index contributed by atoms with van der Waals surface area (Å²) in [5, 5.41) is 0. The SMILES string of the molecule is c1cn2cncc2c(CC2CCCCC2)c1C1CC1. The summed E-state index contributed by atoms with van der Waals surface area (Å²) in [7, 11) is 0. The van der Waals surface area contributed by atoms with E-state index in [1.165, 1.54) is 56.9 Å². The molecule has 19 heavy (non-hydrogen) atoms. The third-order valence-corrected chi connectivity index (χ3v) is 4.97. The Morgan fingerprint density at radius 2 is 1.95 bits per heavy atom. The van der Waals surface area contributed by atoms with Crippen LogP contribution in [-0.2, 0) is 6.42 Å². The van der Waals surface area contributed by atoms with Gasteiger partial charge in [-0.2, -0.15) is 0 Å². The van der Waals surface area contributed by atoms with Crippen molar-refractivity contribution in [3.8, 4) is 0 Å². The van der Waals surface area contributed by atoms with Crippen LogP contribution in [0.4, 0.5) is 0 Å². The van der Waals surface area contributed by atoms with E-state index in [1.807, 2.05) is 6.33 Å². The maximum Gasteiger partial charge on any atom is 0.0992 e. The smallest absolute Gasteiger partial charge is 0.0992 e. The van der Waals surface area contributed by atoms with Crippen molar-refractivity contribution in [2.45, 2.75) is 57.3 Å². The van der Waals surface area contributed by atoms with Gasteiger partial charge in [-0.25, -0.2) is 4.98 Å². The Balaban J connectivity index is 1.72. The molecule has 0 amide bonds. The summed E-state index contributed by atoms with van der Waals surface area (Å²) in [4.78, 5) is 4.34. The second-order valence-electron chi connectivity index (χ2n) is 6.42. The first-order valence-electron chi connectivity index (χ1n) is 7.85. The van der Waals surface area contributed by atoms with Gasteiger partial charge in [0.15, 0.2) is 0 Å². The van der Waals surface area contributed by atoms with Crippen molar-refractivity contribution >= 4 is 5.52 Å². The Morgan fingerprint density at radius 3 is 2.74 bits per heavy atom. The van der Waals surface area contributed by atoms with Crippen molar-refractivity contribution in [1.82, 2.24) is 9.38 Å². The highest BCUT2D eigenvalue weighted by molar-refractivity contribution is 5.58. The highest BCUT2D eigenvalue weighted by Crippen LogP contribution is 2.43. The number of hydrogen-bond donors (Lipinski definition) is 0. The van der Waals surface area contributed by atoms with Crippen LogP contribution in [0.2, 0.25) is 0 Å². The molecule has 100 valence electrons. The summed E-state index contributed by atoms with van der Waals surface area (Å²) in [5.74, 6) is 1.76. The van der Waals surface area contributed by atoms with Crippen LogP contribution in [0.15, 0.2) is 24.8 Å². The second kappa shape index (κ2) is 4.66. The molecule has 2 aromatic rings.